The van der Waals surface area contributed by atoms with Crippen molar-refractivity contribution >= 4 is 17.2 Å². The molecule has 14 heavy (non-hydrogen) atoms. The van der Waals surface area contributed by atoms with Crippen LogP contribution < -0.4 is 17.0 Å². The fraction of sp³-hybridized carbons (Fsp3) is 0.125. The number of hydrazine groups is 1. The molecule has 74 valence electrons. The molecule has 0 saturated heterocycles. The second kappa shape index (κ2) is 3.79. The largest absolute Gasteiger partial charge is 0.384 e. The lowest BCUT2D eigenvalue weighted by molar-refractivity contribution is 0.640. The quantitative estimate of drug-likeness (QED) is 0.440. The molecule has 0 fully saturated rings. The van der Waals surface area contributed by atoms with E-state index in [0.29, 0.717) is 5.82 Å². The van der Waals surface area contributed by atoms with Gasteiger partial charge in [0.1, 0.15) is 5.82 Å². The Labute approximate surface area is 85.1 Å². The predicted octanol–water partition coefficient (Wildman–Crippen LogP) is 0.606. The first-order chi connectivity index (χ1) is 6.83. The van der Waals surface area contributed by atoms with Gasteiger partial charge in [0, 0.05) is 5.56 Å². The first-order valence-corrected chi connectivity index (χ1v) is 5.04. The smallest absolute Gasteiger partial charge is 0.124 e. The van der Waals surface area contributed by atoms with Crippen LogP contribution in [-0.2, 0) is 0 Å². The van der Waals surface area contributed by atoms with Crippen molar-refractivity contribution in [1.82, 2.24) is 15.6 Å². The number of aromatic amines is 1. The zero-order chi connectivity index (χ0) is 9.97. The Hall–Kier alpha value is -1.37. The van der Waals surface area contributed by atoms with E-state index < -0.39 is 0 Å². The zero-order valence-electron chi connectivity index (χ0n) is 7.40. The molecule has 5 nitrogen and oxygen atoms in total. The average Bonchev–Trinajstić information content (AvgIpc) is 2.80. The summed E-state index contributed by atoms with van der Waals surface area (Å²) in [7, 11) is 0. The molecule has 0 radical (unpaired) electrons. The van der Waals surface area contributed by atoms with E-state index in [2.05, 4.69) is 15.6 Å². The Balaban J connectivity index is 2.36. The van der Waals surface area contributed by atoms with Crippen molar-refractivity contribution in [2.24, 2.45) is 5.84 Å². The van der Waals surface area contributed by atoms with E-state index in [0.717, 1.165) is 11.1 Å². The third-order valence-corrected chi connectivity index (χ3v) is 2.76. The fourth-order valence-electron chi connectivity index (χ4n) is 1.34. The van der Waals surface area contributed by atoms with Crippen molar-refractivity contribution in [2.45, 2.75) is 6.04 Å². The lowest BCUT2D eigenvalue weighted by atomic mass is 10.1. The number of anilines is 1. The van der Waals surface area contributed by atoms with Crippen LogP contribution in [0.1, 0.15) is 17.2 Å². The summed E-state index contributed by atoms with van der Waals surface area (Å²) in [6.07, 6.45) is 1.68. The topological polar surface area (TPSA) is 92.7 Å². The maximum Gasteiger partial charge on any atom is 0.124 e. The van der Waals surface area contributed by atoms with Crippen LogP contribution in [0.15, 0.2) is 23.0 Å². The summed E-state index contributed by atoms with van der Waals surface area (Å²) in [5.41, 5.74) is 10.4. The van der Waals surface area contributed by atoms with Crippen molar-refractivity contribution in [3.63, 3.8) is 0 Å². The van der Waals surface area contributed by atoms with Crippen molar-refractivity contribution < 1.29 is 0 Å². The van der Waals surface area contributed by atoms with E-state index >= 15 is 0 Å². The van der Waals surface area contributed by atoms with E-state index in [1.54, 1.807) is 17.5 Å². The lowest BCUT2D eigenvalue weighted by Gasteiger charge is -2.13. The van der Waals surface area contributed by atoms with Crippen molar-refractivity contribution in [2.75, 3.05) is 5.73 Å². The third-order valence-electron chi connectivity index (χ3n) is 2.05. The van der Waals surface area contributed by atoms with E-state index in [9.17, 15) is 0 Å². The van der Waals surface area contributed by atoms with Gasteiger partial charge >= 0.3 is 0 Å². The number of nitrogen functional groups attached to an aromatic ring is 1. The number of rotatable bonds is 3. The number of nitrogens with zero attached hydrogens (tertiary/aromatic N) is 1. The number of hydrogen-bond donors (Lipinski definition) is 4. The van der Waals surface area contributed by atoms with E-state index in [-0.39, 0.29) is 6.04 Å². The molecule has 2 aromatic rings. The second-order valence-corrected chi connectivity index (χ2v) is 3.68. The molecule has 0 aliphatic rings. The first-order valence-electron chi connectivity index (χ1n) is 4.10. The molecule has 0 aromatic carbocycles. The van der Waals surface area contributed by atoms with Gasteiger partial charge in [-0.05, 0) is 22.4 Å². The Morgan fingerprint density at radius 2 is 2.43 bits per heavy atom. The highest BCUT2D eigenvalue weighted by atomic mass is 32.1. The minimum Gasteiger partial charge on any atom is -0.384 e. The zero-order valence-corrected chi connectivity index (χ0v) is 8.21. The third kappa shape index (κ3) is 1.50. The molecule has 2 heterocycles. The summed E-state index contributed by atoms with van der Waals surface area (Å²) in [6.45, 7) is 0. The minimum absolute atomic E-state index is 0.0972. The van der Waals surface area contributed by atoms with Crippen LogP contribution in [0.4, 0.5) is 5.82 Å². The van der Waals surface area contributed by atoms with E-state index in [4.69, 9.17) is 11.6 Å². The van der Waals surface area contributed by atoms with Gasteiger partial charge in [0.15, 0.2) is 0 Å². The molecular weight excluding hydrogens is 198 g/mol. The summed E-state index contributed by atoms with van der Waals surface area (Å²) in [6, 6.07) is 1.90. The van der Waals surface area contributed by atoms with Crippen LogP contribution in [0.3, 0.4) is 0 Å². The maximum atomic E-state index is 5.71. The number of aromatic nitrogens is 2. The lowest BCUT2D eigenvalue weighted by Crippen LogP contribution is -2.28. The van der Waals surface area contributed by atoms with Crippen molar-refractivity contribution in [3.05, 3.63) is 34.2 Å². The Bertz CT molecular complexity index is 394. The number of thiophene rings is 1. The summed E-state index contributed by atoms with van der Waals surface area (Å²) < 4.78 is 0. The molecular formula is C8H11N5S. The second-order valence-electron chi connectivity index (χ2n) is 2.90. The number of H-pyrrole nitrogens is 1. The first kappa shape index (κ1) is 9.20. The minimum atomic E-state index is -0.0972. The molecule has 2 rings (SSSR count). The highest BCUT2D eigenvalue weighted by Crippen LogP contribution is 2.25. The van der Waals surface area contributed by atoms with Gasteiger partial charge in [0.25, 0.3) is 0 Å². The van der Waals surface area contributed by atoms with Gasteiger partial charge in [-0.3, -0.25) is 10.9 Å². The fourth-order valence-corrected chi connectivity index (χ4v) is 2.03. The summed E-state index contributed by atoms with van der Waals surface area (Å²) in [4.78, 5) is 0. The van der Waals surface area contributed by atoms with Crippen molar-refractivity contribution in [1.29, 1.82) is 0 Å². The molecule has 0 amide bonds. The summed E-state index contributed by atoms with van der Waals surface area (Å²) in [5.74, 6) is 6.02. The predicted molar refractivity (Wildman–Crippen MR) is 56.5 cm³/mol. The SMILES string of the molecule is NNC(c1ccsc1)c1cn[nH]c1N. The number of nitrogens with two attached hydrogens (primary N) is 2. The molecule has 1 atom stereocenters. The molecule has 2 aromatic heterocycles. The highest BCUT2D eigenvalue weighted by Gasteiger charge is 2.16. The molecule has 0 bridgehead atoms. The summed E-state index contributed by atoms with van der Waals surface area (Å²) in [5, 5.41) is 10.6. The van der Waals surface area contributed by atoms with Crippen molar-refractivity contribution in [3.8, 4) is 0 Å². The van der Waals surface area contributed by atoms with Crippen LogP contribution in [0.5, 0.6) is 0 Å². The molecule has 6 heteroatoms. The molecule has 0 saturated carbocycles. The van der Waals surface area contributed by atoms with Crippen LogP contribution in [-0.4, -0.2) is 10.2 Å². The normalized spacial score (nSPS) is 12.9. The van der Waals surface area contributed by atoms with Gasteiger partial charge in [-0.25, -0.2) is 5.43 Å². The van der Waals surface area contributed by atoms with Crippen LogP contribution in [0.25, 0.3) is 0 Å². The maximum absolute atomic E-state index is 5.71. The average molecular weight is 209 g/mol. The van der Waals surface area contributed by atoms with Gasteiger partial charge in [0.2, 0.25) is 0 Å². The molecule has 0 aliphatic carbocycles. The van der Waals surface area contributed by atoms with Gasteiger partial charge in [-0.1, -0.05) is 0 Å². The Kier molecular flexibility index (Phi) is 2.49. The van der Waals surface area contributed by atoms with Gasteiger partial charge in [-0.15, -0.1) is 0 Å². The number of nitrogens with one attached hydrogen (secondary N) is 2. The van der Waals surface area contributed by atoms with Gasteiger partial charge < -0.3 is 5.73 Å². The van der Waals surface area contributed by atoms with Crippen LogP contribution >= 0.6 is 11.3 Å². The van der Waals surface area contributed by atoms with Crippen LogP contribution in [0.2, 0.25) is 0 Å². The highest BCUT2D eigenvalue weighted by molar-refractivity contribution is 7.08. The standard InChI is InChI=1S/C8H11N5S/c9-8-6(3-11-13-8)7(12-10)5-1-2-14-4-5/h1-4,7,12H,10H2,(H3,9,11,13). The molecule has 6 N–H and O–H groups in total. The molecule has 0 aliphatic heterocycles. The summed E-state index contributed by atoms with van der Waals surface area (Å²) >= 11 is 1.62. The Morgan fingerprint density at radius 1 is 1.57 bits per heavy atom. The van der Waals surface area contributed by atoms with Crippen LogP contribution in [0, 0.1) is 0 Å². The monoisotopic (exact) mass is 209 g/mol. The van der Waals surface area contributed by atoms with E-state index in [1.807, 2.05) is 16.8 Å². The Morgan fingerprint density at radius 3 is 2.93 bits per heavy atom. The molecule has 1 unspecified atom stereocenters. The van der Waals surface area contributed by atoms with Gasteiger partial charge in [0.05, 0.1) is 12.2 Å². The van der Waals surface area contributed by atoms with E-state index in [1.165, 1.54) is 0 Å². The molecule has 0 spiro atoms. The van der Waals surface area contributed by atoms with Gasteiger partial charge in [-0.2, -0.15) is 16.4 Å². The number of hydrogen-bond acceptors (Lipinski definition) is 5.